The number of carbonyl (C=O) groups is 1. The Hall–Kier alpha value is -1.43. The third-order valence-corrected chi connectivity index (χ3v) is 3.22. The van der Waals surface area contributed by atoms with E-state index in [1.165, 1.54) is 0 Å². The van der Waals surface area contributed by atoms with Crippen molar-refractivity contribution < 1.29 is 4.79 Å². The number of carbonyl (C=O) groups excluding carboxylic acids is 1. The van der Waals surface area contributed by atoms with Crippen molar-refractivity contribution in [1.29, 1.82) is 0 Å². The first kappa shape index (κ1) is 13.0. The van der Waals surface area contributed by atoms with Crippen LogP contribution in [0.3, 0.4) is 0 Å². The second-order valence-electron chi connectivity index (χ2n) is 5.25. The summed E-state index contributed by atoms with van der Waals surface area (Å²) in [5, 5.41) is 14.2. The van der Waals surface area contributed by atoms with Gasteiger partial charge in [-0.1, -0.05) is 19.1 Å². The van der Waals surface area contributed by atoms with Crippen molar-refractivity contribution in [3.8, 4) is 0 Å². The monoisotopic (exact) mass is 251 g/mol. The van der Waals surface area contributed by atoms with E-state index in [9.17, 15) is 4.79 Å². The third kappa shape index (κ3) is 2.87. The minimum absolute atomic E-state index is 0.0417. The molecule has 1 aliphatic heterocycles. The topological polar surface area (TPSA) is 71.8 Å². The predicted molar refractivity (Wildman–Crippen MR) is 68.1 cm³/mol. The van der Waals surface area contributed by atoms with E-state index in [-0.39, 0.29) is 18.0 Å². The first-order valence-electron chi connectivity index (χ1n) is 6.45. The number of hydrogen-bond acceptors (Lipinski definition) is 4. The summed E-state index contributed by atoms with van der Waals surface area (Å²) in [4.78, 5) is 11.5. The van der Waals surface area contributed by atoms with Crippen LogP contribution in [0.25, 0.3) is 0 Å². The van der Waals surface area contributed by atoms with Gasteiger partial charge in [0.1, 0.15) is 0 Å². The molecule has 6 nitrogen and oxygen atoms in total. The number of likely N-dealkylation sites (N-methyl/N-ethyl adjacent to an activating group) is 1. The van der Waals surface area contributed by atoms with E-state index in [0.717, 1.165) is 25.1 Å². The summed E-state index contributed by atoms with van der Waals surface area (Å²) in [6.45, 7) is 5.10. The second-order valence-corrected chi connectivity index (χ2v) is 5.25. The zero-order valence-electron chi connectivity index (χ0n) is 11.2. The highest BCUT2D eigenvalue weighted by molar-refractivity contribution is 5.81. The van der Waals surface area contributed by atoms with E-state index in [2.05, 4.69) is 34.8 Å². The number of rotatable bonds is 4. The normalized spacial score (nSPS) is 23.6. The van der Waals surface area contributed by atoms with Crippen LogP contribution in [0.5, 0.6) is 0 Å². The summed E-state index contributed by atoms with van der Waals surface area (Å²) >= 11 is 0. The van der Waals surface area contributed by atoms with Gasteiger partial charge in [-0.05, 0) is 18.8 Å². The standard InChI is InChI=1S/C12H21N5O/c1-8(2)4-9-7-17(16-15-9)10-5-11(14-6-10)12(18)13-3/h7-8,10-11,14H,4-6H2,1-3H3,(H,13,18)/t10-,11+/m1/s1. The molecule has 0 spiro atoms. The molecule has 1 saturated heterocycles. The van der Waals surface area contributed by atoms with Crippen molar-refractivity contribution in [2.24, 2.45) is 5.92 Å². The zero-order valence-corrected chi connectivity index (χ0v) is 11.2. The zero-order chi connectivity index (χ0) is 13.1. The molecule has 6 heteroatoms. The lowest BCUT2D eigenvalue weighted by atomic mass is 10.1. The summed E-state index contributed by atoms with van der Waals surface area (Å²) < 4.78 is 1.88. The molecule has 2 rings (SSSR count). The number of aromatic nitrogens is 3. The van der Waals surface area contributed by atoms with Gasteiger partial charge in [-0.15, -0.1) is 5.10 Å². The molecular formula is C12H21N5O. The average molecular weight is 251 g/mol. The molecule has 0 bridgehead atoms. The Morgan fingerprint density at radius 1 is 1.67 bits per heavy atom. The summed E-state index contributed by atoms with van der Waals surface area (Å²) in [6.07, 6.45) is 3.71. The fraction of sp³-hybridized carbons (Fsp3) is 0.750. The maximum atomic E-state index is 11.5. The Morgan fingerprint density at radius 2 is 2.44 bits per heavy atom. The van der Waals surface area contributed by atoms with Gasteiger partial charge >= 0.3 is 0 Å². The predicted octanol–water partition coefficient (Wildman–Crippen LogP) is 0.126. The van der Waals surface area contributed by atoms with E-state index in [0.29, 0.717) is 5.92 Å². The van der Waals surface area contributed by atoms with Crippen LogP contribution in [0.4, 0.5) is 0 Å². The Kier molecular flexibility index (Phi) is 3.96. The maximum Gasteiger partial charge on any atom is 0.236 e. The van der Waals surface area contributed by atoms with Crippen LogP contribution >= 0.6 is 0 Å². The highest BCUT2D eigenvalue weighted by Gasteiger charge is 2.30. The molecule has 0 radical (unpaired) electrons. The van der Waals surface area contributed by atoms with Crippen LogP contribution in [-0.4, -0.2) is 40.5 Å². The van der Waals surface area contributed by atoms with Gasteiger partial charge in [-0.2, -0.15) is 0 Å². The SMILES string of the molecule is CNC(=O)[C@@H]1C[C@@H](n2cc(CC(C)C)nn2)CN1. The lowest BCUT2D eigenvalue weighted by Crippen LogP contribution is -2.38. The van der Waals surface area contributed by atoms with Gasteiger partial charge in [0.25, 0.3) is 0 Å². The molecule has 0 unspecified atom stereocenters. The molecule has 2 atom stereocenters. The Balaban J connectivity index is 1.97. The van der Waals surface area contributed by atoms with Crippen molar-refractivity contribution >= 4 is 5.91 Å². The van der Waals surface area contributed by atoms with Crippen molar-refractivity contribution in [3.63, 3.8) is 0 Å². The average Bonchev–Trinajstić information content (AvgIpc) is 2.95. The van der Waals surface area contributed by atoms with Crippen LogP contribution < -0.4 is 10.6 Å². The van der Waals surface area contributed by atoms with Gasteiger partial charge in [-0.25, -0.2) is 4.68 Å². The van der Waals surface area contributed by atoms with Crippen LogP contribution in [0.15, 0.2) is 6.20 Å². The van der Waals surface area contributed by atoms with E-state index in [4.69, 9.17) is 0 Å². The lowest BCUT2D eigenvalue weighted by Gasteiger charge is -2.08. The van der Waals surface area contributed by atoms with Crippen LogP contribution in [-0.2, 0) is 11.2 Å². The van der Waals surface area contributed by atoms with Crippen molar-refractivity contribution in [3.05, 3.63) is 11.9 Å². The largest absolute Gasteiger partial charge is 0.358 e. The van der Waals surface area contributed by atoms with Gasteiger partial charge < -0.3 is 10.6 Å². The van der Waals surface area contributed by atoms with E-state index < -0.39 is 0 Å². The molecule has 2 heterocycles. The lowest BCUT2D eigenvalue weighted by molar-refractivity contribution is -0.122. The summed E-state index contributed by atoms with van der Waals surface area (Å²) in [6, 6.07) is 0.110. The number of hydrogen-bond donors (Lipinski definition) is 2. The van der Waals surface area contributed by atoms with Crippen LogP contribution in [0, 0.1) is 5.92 Å². The molecule has 1 aliphatic rings. The molecule has 2 N–H and O–H groups in total. The molecular weight excluding hydrogens is 230 g/mol. The summed E-state index contributed by atoms with van der Waals surface area (Å²) in [5.74, 6) is 0.621. The molecule has 1 amide bonds. The van der Waals surface area contributed by atoms with Crippen molar-refractivity contribution in [2.75, 3.05) is 13.6 Å². The smallest absolute Gasteiger partial charge is 0.236 e. The number of nitrogens with one attached hydrogen (secondary N) is 2. The summed E-state index contributed by atoms with van der Waals surface area (Å²) in [5.41, 5.74) is 1.02. The van der Waals surface area contributed by atoms with E-state index in [1.807, 2.05) is 10.9 Å². The fourth-order valence-corrected chi connectivity index (χ4v) is 2.30. The van der Waals surface area contributed by atoms with E-state index in [1.54, 1.807) is 7.05 Å². The van der Waals surface area contributed by atoms with Crippen LogP contribution in [0.1, 0.15) is 32.0 Å². The molecule has 0 aromatic carbocycles. The maximum absolute atomic E-state index is 11.5. The molecule has 0 saturated carbocycles. The van der Waals surface area contributed by atoms with Crippen molar-refractivity contribution in [1.82, 2.24) is 25.6 Å². The van der Waals surface area contributed by atoms with Gasteiger partial charge in [-0.3, -0.25) is 4.79 Å². The molecule has 1 fully saturated rings. The molecule has 1 aromatic heterocycles. The highest BCUT2D eigenvalue weighted by atomic mass is 16.2. The van der Waals surface area contributed by atoms with Gasteiger partial charge in [0.2, 0.25) is 5.91 Å². The second kappa shape index (κ2) is 5.48. The van der Waals surface area contributed by atoms with Crippen LogP contribution in [0.2, 0.25) is 0 Å². The Labute approximate surface area is 107 Å². The molecule has 1 aromatic rings. The van der Waals surface area contributed by atoms with Gasteiger partial charge in [0, 0.05) is 19.8 Å². The molecule has 18 heavy (non-hydrogen) atoms. The van der Waals surface area contributed by atoms with E-state index >= 15 is 0 Å². The fourth-order valence-electron chi connectivity index (χ4n) is 2.30. The Morgan fingerprint density at radius 3 is 3.11 bits per heavy atom. The third-order valence-electron chi connectivity index (χ3n) is 3.22. The summed E-state index contributed by atoms with van der Waals surface area (Å²) in [7, 11) is 1.66. The minimum Gasteiger partial charge on any atom is -0.358 e. The Bertz CT molecular complexity index is 414. The quantitative estimate of drug-likeness (QED) is 0.797. The first-order chi connectivity index (χ1) is 8.60. The highest BCUT2D eigenvalue weighted by Crippen LogP contribution is 2.19. The number of amides is 1. The first-order valence-corrected chi connectivity index (χ1v) is 6.45. The molecule has 100 valence electrons. The minimum atomic E-state index is -0.113. The van der Waals surface area contributed by atoms with Crippen molar-refractivity contribution in [2.45, 2.75) is 38.8 Å². The van der Waals surface area contributed by atoms with Gasteiger partial charge in [0.15, 0.2) is 0 Å². The van der Waals surface area contributed by atoms with Gasteiger partial charge in [0.05, 0.1) is 17.8 Å². The number of nitrogens with zero attached hydrogens (tertiary/aromatic N) is 3. The molecule has 0 aliphatic carbocycles.